The van der Waals surface area contributed by atoms with Gasteiger partial charge < -0.3 is 5.73 Å². The van der Waals surface area contributed by atoms with Gasteiger partial charge in [0, 0.05) is 16.6 Å². The highest BCUT2D eigenvalue weighted by molar-refractivity contribution is 7.16. The van der Waals surface area contributed by atoms with Gasteiger partial charge in [0.25, 0.3) is 0 Å². The van der Waals surface area contributed by atoms with Crippen LogP contribution in [0.4, 0.5) is 0 Å². The molecule has 2 heterocycles. The number of aromatic nitrogens is 2. The molecule has 1 unspecified atom stereocenters. The average molecular weight is 214 g/mol. The zero-order valence-corrected chi connectivity index (χ0v) is 8.27. The molecule has 0 bridgehead atoms. The number of thiophene rings is 1. The maximum Gasteiger partial charge on any atom is 0.0931 e. The van der Waals surface area contributed by atoms with E-state index in [2.05, 4.69) is 10.2 Å². The van der Waals surface area contributed by atoms with E-state index in [-0.39, 0.29) is 6.04 Å². The van der Waals surface area contributed by atoms with Crippen LogP contribution in [0.1, 0.15) is 16.5 Å². The normalized spacial score (nSPS) is 13.1. The molecular weight excluding hydrogens is 206 g/mol. The topological polar surface area (TPSA) is 54.7 Å². The van der Waals surface area contributed by atoms with Gasteiger partial charge in [-0.25, -0.2) is 0 Å². The Bertz CT molecular complexity index is 382. The minimum absolute atomic E-state index is 0.128. The molecule has 0 fully saturated rings. The first-order valence-corrected chi connectivity index (χ1v) is 4.96. The number of nitrogens with two attached hydrogens (primary N) is 1. The summed E-state index contributed by atoms with van der Waals surface area (Å²) < 4.78 is 0.758. The Hall–Kier alpha value is -0.840. The molecule has 5 heteroatoms. The Kier molecular flexibility index (Phi) is 2.35. The summed E-state index contributed by atoms with van der Waals surface area (Å²) in [4.78, 5) is 1.05. The van der Waals surface area contributed by atoms with Crippen LogP contribution in [0.25, 0.3) is 0 Å². The summed E-state index contributed by atoms with van der Waals surface area (Å²) in [5.74, 6) is 0. The predicted molar refractivity (Wildman–Crippen MR) is 53.9 cm³/mol. The average Bonchev–Trinajstić information content (AvgIpc) is 2.72. The van der Waals surface area contributed by atoms with E-state index in [0.717, 1.165) is 14.8 Å². The van der Waals surface area contributed by atoms with E-state index >= 15 is 0 Å². The maximum atomic E-state index is 5.97. The Balaban J connectivity index is 2.28. The van der Waals surface area contributed by atoms with Gasteiger partial charge in [0.15, 0.2) is 0 Å². The summed E-state index contributed by atoms with van der Waals surface area (Å²) in [7, 11) is 0. The van der Waals surface area contributed by atoms with Crippen LogP contribution in [0.5, 0.6) is 0 Å². The van der Waals surface area contributed by atoms with Crippen molar-refractivity contribution >= 4 is 22.9 Å². The molecule has 0 aliphatic carbocycles. The summed E-state index contributed by atoms with van der Waals surface area (Å²) >= 11 is 7.30. The lowest BCUT2D eigenvalue weighted by Gasteiger charge is -2.04. The van der Waals surface area contributed by atoms with Gasteiger partial charge in [0.05, 0.1) is 16.6 Å². The monoisotopic (exact) mass is 213 g/mol. The standard InChI is InChI=1S/C8H8ClN3S/c9-7-2-1-6(13-7)8(10)5-3-11-12-4-5/h1-4,8H,10H2,(H,11,12). The first kappa shape index (κ1) is 8.74. The molecule has 0 saturated carbocycles. The number of H-pyrrole nitrogens is 1. The minimum atomic E-state index is -0.128. The predicted octanol–water partition coefficient (Wildman–Crippen LogP) is 2.17. The van der Waals surface area contributed by atoms with Gasteiger partial charge in [-0.1, -0.05) is 11.6 Å². The Labute approximate surface area is 84.5 Å². The first-order chi connectivity index (χ1) is 6.27. The molecule has 2 rings (SSSR count). The highest BCUT2D eigenvalue weighted by Gasteiger charge is 2.11. The van der Waals surface area contributed by atoms with Gasteiger partial charge in [-0.15, -0.1) is 11.3 Å². The van der Waals surface area contributed by atoms with E-state index in [1.165, 1.54) is 11.3 Å². The molecule has 0 radical (unpaired) electrons. The number of rotatable bonds is 2. The van der Waals surface area contributed by atoms with Crippen LogP contribution in [0, 0.1) is 0 Å². The lowest BCUT2D eigenvalue weighted by Crippen LogP contribution is -2.08. The molecule has 2 aromatic heterocycles. The lowest BCUT2D eigenvalue weighted by molar-refractivity contribution is 0.895. The largest absolute Gasteiger partial charge is 0.320 e. The minimum Gasteiger partial charge on any atom is -0.320 e. The summed E-state index contributed by atoms with van der Waals surface area (Å²) in [5, 5.41) is 6.57. The maximum absolute atomic E-state index is 5.97. The second kappa shape index (κ2) is 3.49. The zero-order chi connectivity index (χ0) is 9.26. The fourth-order valence-corrected chi connectivity index (χ4v) is 2.18. The van der Waals surface area contributed by atoms with Crippen LogP contribution >= 0.6 is 22.9 Å². The van der Waals surface area contributed by atoms with Gasteiger partial charge in [-0.2, -0.15) is 5.10 Å². The molecule has 0 spiro atoms. The van der Waals surface area contributed by atoms with Crippen LogP contribution in [0.3, 0.4) is 0 Å². The summed E-state index contributed by atoms with van der Waals surface area (Å²) in [6, 6.07) is 3.66. The van der Waals surface area contributed by atoms with E-state index in [9.17, 15) is 0 Å². The van der Waals surface area contributed by atoms with Crippen LogP contribution in [0.2, 0.25) is 4.34 Å². The Morgan fingerprint density at radius 3 is 2.92 bits per heavy atom. The van der Waals surface area contributed by atoms with Gasteiger partial charge in [0.2, 0.25) is 0 Å². The molecule has 3 nitrogen and oxygen atoms in total. The van der Waals surface area contributed by atoms with Gasteiger partial charge in [-0.3, -0.25) is 5.10 Å². The molecule has 0 aliphatic heterocycles. The van der Waals surface area contributed by atoms with Crippen molar-refractivity contribution in [3.63, 3.8) is 0 Å². The fraction of sp³-hybridized carbons (Fsp3) is 0.125. The molecule has 0 aliphatic rings. The fourth-order valence-electron chi connectivity index (χ4n) is 1.09. The number of halogens is 1. The number of aromatic amines is 1. The number of nitrogens with one attached hydrogen (secondary N) is 1. The quantitative estimate of drug-likeness (QED) is 0.804. The van der Waals surface area contributed by atoms with E-state index in [0.29, 0.717) is 0 Å². The van der Waals surface area contributed by atoms with Crippen molar-refractivity contribution in [2.24, 2.45) is 5.73 Å². The zero-order valence-electron chi connectivity index (χ0n) is 6.70. The summed E-state index contributed by atoms with van der Waals surface area (Å²) in [6.45, 7) is 0. The molecule has 3 N–H and O–H groups in total. The summed E-state index contributed by atoms with van der Waals surface area (Å²) in [6.07, 6.45) is 3.51. The van der Waals surface area contributed by atoms with E-state index in [1.807, 2.05) is 12.1 Å². The van der Waals surface area contributed by atoms with E-state index in [1.54, 1.807) is 12.4 Å². The third kappa shape index (κ3) is 1.75. The summed E-state index contributed by atoms with van der Waals surface area (Å²) in [5.41, 5.74) is 6.94. The highest BCUT2D eigenvalue weighted by atomic mass is 35.5. The van der Waals surface area contributed by atoms with Gasteiger partial charge in [0.1, 0.15) is 0 Å². The van der Waals surface area contributed by atoms with Crippen molar-refractivity contribution in [2.45, 2.75) is 6.04 Å². The Morgan fingerprint density at radius 2 is 2.38 bits per heavy atom. The molecule has 0 aromatic carbocycles. The molecule has 2 aromatic rings. The van der Waals surface area contributed by atoms with Crippen LogP contribution in [-0.2, 0) is 0 Å². The van der Waals surface area contributed by atoms with Crippen molar-refractivity contribution in [3.05, 3.63) is 39.3 Å². The molecule has 13 heavy (non-hydrogen) atoms. The number of hydrogen-bond donors (Lipinski definition) is 2. The van der Waals surface area contributed by atoms with Crippen molar-refractivity contribution in [1.82, 2.24) is 10.2 Å². The third-order valence-electron chi connectivity index (χ3n) is 1.78. The molecule has 0 saturated heterocycles. The molecule has 68 valence electrons. The molecule has 1 atom stereocenters. The highest BCUT2D eigenvalue weighted by Crippen LogP contribution is 2.28. The molecular formula is C8H8ClN3S. The van der Waals surface area contributed by atoms with E-state index in [4.69, 9.17) is 17.3 Å². The van der Waals surface area contributed by atoms with Crippen molar-refractivity contribution in [2.75, 3.05) is 0 Å². The third-order valence-corrected chi connectivity index (χ3v) is 3.09. The number of nitrogens with zero attached hydrogens (tertiary/aromatic N) is 1. The van der Waals surface area contributed by atoms with Crippen molar-refractivity contribution < 1.29 is 0 Å². The first-order valence-electron chi connectivity index (χ1n) is 3.77. The van der Waals surface area contributed by atoms with Gasteiger partial charge >= 0.3 is 0 Å². The van der Waals surface area contributed by atoms with E-state index < -0.39 is 0 Å². The Morgan fingerprint density at radius 1 is 1.54 bits per heavy atom. The lowest BCUT2D eigenvalue weighted by atomic mass is 10.1. The van der Waals surface area contributed by atoms with Crippen LogP contribution in [0.15, 0.2) is 24.5 Å². The van der Waals surface area contributed by atoms with Crippen LogP contribution < -0.4 is 5.73 Å². The van der Waals surface area contributed by atoms with Crippen molar-refractivity contribution in [3.8, 4) is 0 Å². The second-order valence-electron chi connectivity index (χ2n) is 2.65. The second-order valence-corrected chi connectivity index (χ2v) is 4.40. The van der Waals surface area contributed by atoms with Gasteiger partial charge in [-0.05, 0) is 12.1 Å². The van der Waals surface area contributed by atoms with Crippen molar-refractivity contribution in [1.29, 1.82) is 0 Å². The smallest absolute Gasteiger partial charge is 0.0931 e. The SMILES string of the molecule is NC(c1cn[nH]c1)c1ccc(Cl)s1. The molecule has 0 amide bonds. The van der Waals surface area contributed by atoms with Crippen LogP contribution in [-0.4, -0.2) is 10.2 Å². The number of hydrogen-bond acceptors (Lipinski definition) is 3.